The lowest BCUT2D eigenvalue weighted by atomic mass is 10.0. The van der Waals surface area contributed by atoms with E-state index in [1.165, 1.54) is 32.4 Å². The van der Waals surface area contributed by atoms with E-state index in [1.807, 2.05) is 0 Å². The van der Waals surface area contributed by atoms with Gasteiger partial charge in [-0.05, 0) is 35.4 Å². The number of benzene rings is 2. The fourth-order valence-corrected chi connectivity index (χ4v) is 2.15. The van der Waals surface area contributed by atoms with Crippen LogP contribution in [0.4, 0.5) is 13.2 Å². The summed E-state index contributed by atoms with van der Waals surface area (Å²) in [7, 11) is 3.02. The smallest absolute Gasteiger partial charge is 0.497 e. The maximum atomic E-state index is 12.5. The molecule has 0 heterocycles. The number of ether oxygens (including phenoxy) is 4. The predicted octanol–water partition coefficient (Wildman–Crippen LogP) is 3.61. The normalized spacial score (nSPS) is 11.1. The molecule has 25 heavy (non-hydrogen) atoms. The van der Waals surface area contributed by atoms with E-state index in [0.717, 1.165) is 0 Å². The third-order valence-corrected chi connectivity index (χ3v) is 3.23. The van der Waals surface area contributed by atoms with Crippen LogP contribution in [0.25, 0.3) is 11.1 Å². The van der Waals surface area contributed by atoms with Crippen LogP contribution >= 0.6 is 0 Å². The van der Waals surface area contributed by atoms with Crippen molar-refractivity contribution in [2.45, 2.75) is 6.36 Å². The van der Waals surface area contributed by atoms with Crippen LogP contribution in [0.5, 0.6) is 23.0 Å². The zero-order valence-corrected chi connectivity index (χ0v) is 13.7. The Hall–Kier alpha value is -2.61. The van der Waals surface area contributed by atoms with Crippen molar-refractivity contribution < 1.29 is 32.1 Å². The number of hydrogen-bond donors (Lipinski definition) is 1. The fourth-order valence-electron chi connectivity index (χ4n) is 2.15. The summed E-state index contributed by atoms with van der Waals surface area (Å²) in [6.45, 7) is 0.210. The third kappa shape index (κ3) is 5.18. The summed E-state index contributed by atoms with van der Waals surface area (Å²) in [5, 5.41) is 0. The summed E-state index contributed by atoms with van der Waals surface area (Å²) in [6.07, 6.45) is -4.82. The second-order valence-electron chi connectivity index (χ2n) is 4.95. The average molecular weight is 357 g/mol. The van der Waals surface area contributed by atoms with Gasteiger partial charge in [-0.2, -0.15) is 0 Å². The van der Waals surface area contributed by atoms with Crippen LogP contribution in [0.3, 0.4) is 0 Å². The first kappa shape index (κ1) is 18.7. The van der Waals surface area contributed by atoms with Gasteiger partial charge in [-0.3, -0.25) is 0 Å². The molecule has 0 saturated carbocycles. The number of hydrogen-bond acceptors (Lipinski definition) is 5. The Morgan fingerprint density at radius 2 is 1.52 bits per heavy atom. The van der Waals surface area contributed by atoms with Crippen molar-refractivity contribution in [3.05, 3.63) is 36.4 Å². The maximum absolute atomic E-state index is 12.5. The van der Waals surface area contributed by atoms with E-state index in [0.29, 0.717) is 22.6 Å². The molecule has 5 nitrogen and oxygen atoms in total. The number of halogens is 3. The van der Waals surface area contributed by atoms with Gasteiger partial charge >= 0.3 is 6.36 Å². The number of nitrogens with two attached hydrogens (primary N) is 1. The monoisotopic (exact) mass is 357 g/mol. The van der Waals surface area contributed by atoms with Gasteiger partial charge < -0.3 is 24.7 Å². The summed E-state index contributed by atoms with van der Waals surface area (Å²) in [6, 6.07) is 9.29. The van der Waals surface area contributed by atoms with Crippen molar-refractivity contribution in [3.63, 3.8) is 0 Å². The van der Waals surface area contributed by atoms with Crippen molar-refractivity contribution in [3.8, 4) is 34.1 Å². The van der Waals surface area contributed by atoms with Gasteiger partial charge in [0.15, 0.2) is 11.5 Å². The van der Waals surface area contributed by atoms with Crippen LogP contribution in [0, 0.1) is 0 Å². The highest BCUT2D eigenvalue weighted by Crippen LogP contribution is 2.37. The Balaban J connectivity index is 2.45. The Kier molecular flexibility index (Phi) is 5.97. The average Bonchev–Trinajstić information content (AvgIpc) is 2.59. The molecule has 2 aromatic rings. The molecule has 8 heteroatoms. The van der Waals surface area contributed by atoms with Gasteiger partial charge in [0, 0.05) is 12.6 Å². The lowest BCUT2D eigenvalue weighted by molar-refractivity contribution is -0.275. The quantitative estimate of drug-likeness (QED) is 0.820. The molecule has 0 aromatic heterocycles. The maximum Gasteiger partial charge on any atom is 0.573 e. The van der Waals surface area contributed by atoms with Crippen molar-refractivity contribution in [2.24, 2.45) is 5.73 Å². The highest BCUT2D eigenvalue weighted by molar-refractivity contribution is 5.70. The van der Waals surface area contributed by atoms with Gasteiger partial charge in [-0.15, -0.1) is 13.2 Å². The standard InChI is InChI=1S/C17H18F3NO4/c1-22-13-7-12(8-14(10-13)23-2)11-3-4-15(25-17(18,19)20)16(9-11)24-6-5-21/h3-4,7-10H,5-6,21H2,1-2H3. The van der Waals surface area contributed by atoms with Crippen molar-refractivity contribution in [2.75, 3.05) is 27.4 Å². The van der Waals surface area contributed by atoms with Crippen molar-refractivity contribution in [1.82, 2.24) is 0 Å². The molecule has 0 aliphatic heterocycles. The zero-order valence-electron chi connectivity index (χ0n) is 13.7. The van der Waals surface area contributed by atoms with E-state index in [-0.39, 0.29) is 18.9 Å². The first-order valence-electron chi connectivity index (χ1n) is 7.32. The number of rotatable bonds is 7. The molecule has 0 amide bonds. The van der Waals surface area contributed by atoms with Crippen LogP contribution < -0.4 is 24.7 Å². The Labute approximate surface area is 143 Å². The molecule has 0 saturated heterocycles. The van der Waals surface area contributed by atoms with Crippen molar-refractivity contribution >= 4 is 0 Å². The largest absolute Gasteiger partial charge is 0.573 e. The lowest BCUT2D eigenvalue weighted by Crippen LogP contribution is -2.18. The Bertz CT molecular complexity index is 697. The van der Waals surface area contributed by atoms with E-state index in [2.05, 4.69) is 4.74 Å². The molecule has 0 fully saturated rings. The molecule has 2 aromatic carbocycles. The van der Waals surface area contributed by atoms with E-state index >= 15 is 0 Å². The molecule has 0 spiro atoms. The van der Waals surface area contributed by atoms with E-state index in [4.69, 9.17) is 19.9 Å². The highest BCUT2D eigenvalue weighted by Gasteiger charge is 2.32. The molecule has 2 N–H and O–H groups in total. The van der Waals surface area contributed by atoms with Gasteiger partial charge in [0.05, 0.1) is 14.2 Å². The molecule has 0 radical (unpaired) electrons. The van der Waals surface area contributed by atoms with Crippen LogP contribution in [0.2, 0.25) is 0 Å². The first-order chi connectivity index (χ1) is 11.9. The second kappa shape index (κ2) is 7.98. The molecular formula is C17H18F3NO4. The number of methoxy groups -OCH3 is 2. The van der Waals surface area contributed by atoms with E-state index < -0.39 is 12.1 Å². The molecule has 136 valence electrons. The Morgan fingerprint density at radius 3 is 2.04 bits per heavy atom. The zero-order chi connectivity index (χ0) is 18.4. The molecule has 0 aliphatic carbocycles. The minimum absolute atomic E-state index is 0.0536. The number of alkyl halides is 3. The Morgan fingerprint density at radius 1 is 0.880 bits per heavy atom. The fraction of sp³-hybridized carbons (Fsp3) is 0.294. The van der Waals surface area contributed by atoms with Gasteiger partial charge in [-0.1, -0.05) is 6.07 Å². The van der Waals surface area contributed by atoms with Crippen LogP contribution in [-0.2, 0) is 0 Å². The first-order valence-corrected chi connectivity index (χ1v) is 7.32. The molecule has 2 rings (SSSR count). The van der Waals surface area contributed by atoms with E-state index in [1.54, 1.807) is 18.2 Å². The second-order valence-corrected chi connectivity index (χ2v) is 4.95. The van der Waals surface area contributed by atoms with Crippen LogP contribution in [-0.4, -0.2) is 33.7 Å². The minimum Gasteiger partial charge on any atom is -0.497 e. The van der Waals surface area contributed by atoms with Crippen LogP contribution in [0.1, 0.15) is 0 Å². The summed E-state index contributed by atoms with van der Waals surface area (Å²) in [5.74, 6) is 0.616. The van der Waals surface area contributed by atoms with Gasteiger partial charge in [0.1, 0.15) is 18.1 Å². The lowest BCUT2D eigenvalue weighted by Gasteiger charge is -2.15. The predicted molar refractivity (Wildman–Crippen MR) is 86.2 cm³/mol. The summed E-state index contributed by atoms with van der Waals surface area (Å²) in [4.78, 5) is 0. The van der Waals surface area contributed by atoms with Crippen molar-refractivity contribution in [1.29, 1.82) is 0 Å². The summed E-state index contributed by atoms with van der Waals surface area (Å²) in [5.41, 5.74) is 6.65. The van der Waals surface area contributed by atoms with Gasteiger partial charge in [0.2, 0.25) is 0 Å². The highest BCUT2D eigenvalue weighted by atomic mass is 19.4. The molecule has 0 unspecified atom stereocenters. The topological polar surface area (TPSA) is 62.9 Å². The molecule has 0 atom stereocenters. The summed E-state index contributed by atoms with van der Waals surface area (Å²) >= 11 is 0. The SMILES string of the molecule is COc1cc(OC)cc(-c2ccc(OC(F)(F)F)c(OCCN)c2)c1. The third-order valence-electron chi connectivity index (χ3n) is 3.23. The molecular weight excluding hydrogens is 339 g/mol. The van der Waals surface area contributed by atoms with E-state index in [9.17, 15) is 13.2 Å². The summed E-state index contributed by atoms with van der Waals surface area (Å²) < 4.78 is 57.3. The molecule has 0 aliphatic rings. The van der Waals surface area contributed by atoms with Gasteiger partial charge in [0.25, 0.3) is 0 Å². The molecule has 0 bridgehead atoms. The van der Waals surface area contributed by atoms with Crippen LogP contribution in [0.15, 0.2) is 36.4 Å². The minimum atomic E-state index is -4.82. The van der Waals surface area contributed by atoms with Gasteiger partial charge in [-0.25, -0.2) is 0 Å².